The Bertz CT molecular complexity index is 817. The molecule has 0 amide bonds. The smallest absolute Gasteiger partial charge is 0.550 e. The Morgan fingerprint density at radius 3 is 1.09 bits per heavy atom. The van der Waals surface area contributed by atoms with Crippen molar-refractivity contribution in [3.05, 3.63) is 25.3 Å². The van der Waals surface area contributed by atoms with Gasteiger partial charge in [-0.3, -0.25) is 9.59 Å². The van der Waals surface area contributed by atoms with Gasteiger partial charge in [-0.05, 0) is 64.2 Å². The van der Waals surface area contributed by atoms with Crippen LogP contribution in [0.15, 0.2) is 25.3 Å². The maximum Gasteiger partial charge on any atom is 1.00 e. The Labute approximate surface area is 359 Å². The van der Waals surface area contributed by atoms with Crippen molar-refractivity contribution in [3.8, 4) is 0 Å². The number of allylic oxidation sites excluding steroid dienone is 2. The first kappa shape index (κ1) is 52.7. The number of aliphatic carboxylic acids is 2. The Kier molecular flexibility index (Phi) is 43.2. The molecule has 0 aliphatic carbocycles. The number of hydrogen-bond acceptors (Lipinski definition) is 12. The van der Waals surface area contributed by atoms with Gasteiger partial charge in [0, 0.05) is 24.8 Å². The van der Waals surface area contributed by atoms with Crippen LogP contribution in [0.3, 0.4) is 0 Å². The largest absolute Gasteiger partial charge is 1.00 e. The first-order valence-corrected chi connectivity index (χ1v) is 15.6. The molecule has 0 fully saturated rings. The molecule has 0 aromatic heterocycles. The molecule has 0 bridgehead atoms. The number of ether oxygens (including phenoxy) is 2. The number of rotatable bonds is 26. The summed E-state index contributed by atoms with van der Waals surface area (Å²) in [6.45, 7) is 7.33. The summed E-state index contributed by atoms with van der Waals surface area (Å²) >= 11 is 0. The van der Waals surface area contributed by atoms with Gasteiger partial charge in [0.05, 0.1) is 0 Å². The average molecular weight is 703 g/mol. The van der Waals surface area contributed by atoms with Gasteiger partial charge >= 0.3 is 127 Å². The van der Waals surface area contributed by atoms with E-state index in [9.17, 15) is 39.0 Å². The zero-order valence-corrected chi connectivity index (χ0v) is 34.3. The van der Waals surface area contributed by atoms with Crippen LogP contribution in [0.1, 0.15) is 128 Å². The van der Waals surface area contributed by atoms with Crippen molar-refractivity contribution in [1.82, 2.24) is 0 Å². The van der Waals surface area contributed by atoms with Gasteiger partial charge in [0.1, 0.15) is 12.1 Å². The summed E-state index contributed by atoms with van der Waals surface area (Å²) in [5, 5.41) is 20.5. The molecule has 14 heteroatoms. The summed E-state index contributed by atoms with van der Waals surface area (Å²) in [6.07, 6.45) is 17.4. The molecule has 0 heterocycles. The fourth-order valence-corrected chi connectivity index (χ4v) is 3.79. The molecule has 0 unspecified atom stereocenters. The molecule has 0 aromatic carbocycles. The van der Waals surface area contributed by atoms with Crippen molar-refractivity contribution in [2.45, 2.75) is 141 Å². The third kappa shape index (κ3) is 38.3. The van der Waals surface area contributed by atoms with Gasteiger partial charge in [0.25, 0.3) is 0 Å². The van der Waals surface area contributed by atoms with E-state index in [1.54, 1.807) is 0 Å². The number of carboxylic acids is 2. The predicted octanol–water partition coefficient (Wildman–Crippen LogP) is -3.55. The number of unbranched alkanes of at least 4 members (excludes halogenated alkanes) is 12. The van der Waals surface area contributed by atoms with Crippen molar-refractivity contribution in [2.75, 3.05) is 0 Å². The Balaban J connectivity index is -0.000000367. The Hall–Kier alpha value is -0.107. The van der Waals surface area contributed by atoms with E-state index < -0.39 is 47.9 Å². The zero-order chi connectivity index (χ0) is 33.6. The molecule has 0 saturated carbocycles. The maximum absolute atomic E-state index is 11.4. The van der Waals surface area contributed by atoms with Gasteiger partial charge in [-0.25, -0.2) is 9.59 Å². The second-order valence-electron chi connectivity index (χ2n) is 10.5. The van der Waals surface area contributed by atoms with E-state index in [-0.39, 0.29) is 141 Å². The molecule has 46 heavy (non-hydrogen) atoms. The number of carboxylic acid groups (broad SMARTS) is 2. The van der Waals surface area contributed by atoms with Crippen LogP contribution in [0.4, 0.5) is 0 Å². The fourth-order valence-electron chi connectivity index (χ4n) is 3.79. The first-order chi connectivity index (χ1) is 20.9. The summed E-state index contributed by atoms with van der Waals surface area (Å²) in [7, 11) is 0. The van der Waals surface area contributed by atoms with Gasteiger partial charge in [-0.1, -0.05) is 63.5 Å². The van der Waals surface area contributed by atoms with E-state index in [0.29, 0.717) is 12.8 Å². The maximum atomic E-state index is 11.4. The number of carbonyl (C=O) groups is 6. The SMILES string of the molecule is C=CCCCCCCCCC(=O)OC(=O)[C@@H](N)CCC(=O)[O-].C=CCCCCCCCCC(=O)OC(=O)[C@@H](N)CCC(=O)[O-].[K+].[K+]. The third-order valence-electron chi connectivity index (χ3n) is 6.43. The number of nitrogens with two attached hydrogens (primary N) is 2. The van der Waals surface area contributed by atoms with Crippen LogP contribution >= 0.6 is 0 Å². The molecular formula is C32H52K2N2O10. The molecule has 252 valence electrons. The van der Waals surface area contributed by atoms with E-state index in [1.165, 1.54) is 0 Å². The van der Waals surface area contributed by atoms with E-state index in [0.717, 1.165) is 77.0 Å². The minimum atomic E-state index is -1.29. The van der Waals surface area contributed by atoms with Gasteiger partial charge in [-0.2, -0.15) is 0 Å². The molecule has 0 spiro atoms. The van der Waals surface area contributed by atoms with Crippen LogP contribution in [-0.2, 0) is 38.2 Å². The van der Waals surface area contributed by atoms with Gasteiger partial charge in [0.2, 0.25) is 0 Å². The molecule has 12 nitrogen and oxygen atoms in total. The van der Waals surface area contributed by atoms with Gasteiger partial charge in [-0.15, -0.1) is 13.2 Å². The number of hydrogen-bond donors (Lipinski definition) is 2. The van der Waals surface area contributed by atoms with Crippen molar-refractivity contribution < 1.29 is 151 Å². The summed E-state index contributed by atoms with van der Waals surface area (Å²) in [4.78, 5) is 66.2. The van der Waals surface area contributed by atoms with Crippen LogP contribution in [0.2, 0.25) is 0 Å². The minimum absolute atomic E-state index is 0. The minimum Gasteiger partial charge on any atom is -0.550 e. The van der Waals surface area contributed by atoms with Crippen molar-refractivity contribution in [3.63, 3.8) is 0 Å². The number of carbonyl (C=O) groups excluding carboxylic acids is 6. The monoisotopic (exact) mass is 702 g/mol. The predicted molar refractivity (Wildman–Crippen MR) is 161 cm³/mol. The molecule has 0 aromatic rings. The summed E-state index contributed by atoms with van der Waals surface area (Å²) in [5.41, 5.74) is 10.8. The van der Waals surface area contributed by atoms with Gasteiger partial charge in [0.15, 0.2) is 0 Å². The zero-order valence-electron chi connectivity index (χ0n) is 28.1. The van der Waals surface area contributed by atoms with Crippen LogP contribution in [0.5, 0.6) is 0 Å². The summed E-state index contributed by atoms with van der Waals surface area (Å²) in [5.74, 6) is -5.56. The molecule has 2 atom stereocenters. The molecule has 0 rings (SSSR count). The Morgan fingerprint density at radius 2 is 0.804 bits per heavy atom. The summed E-state index contributed by atoms with van der Waals surface area (Å²) in [6, 6.07) is -2.21. The summed E-state index contributed by atoms with van der Waals surface area (Å²) < 4.78 is 9.15. The van der Waals surface area contributed by atoms with Crippen LogP contribution < -0.4 is 124 Å². The molecule has 0 aliphatic rings. The molecule has 0 aliphatic heterocycles. The Morgan fingerprint density at radius 1 is 0.522 bits per heavy atom. The third-order valence-corrected chi connectivity index (χ3v) is 6.43. The molecule has 4 N–H and O–H groups in total. The van der Waals surface area contributed by atoms with Crippen molar-refractivity contribution in [2.24, 2.45) is 11.5 Å². The quantitative estimate of drug-likeness (QED) is 0.0294. The normalized spacial score (nSPS) is 11.2. The van der Waals surface area contributed by atoms with Crippen LogP contribution in [-0.4, -0.2) is 47.9 Å². The number of esters is 4. The molecular weight excluding hydrogens is 651 g/mol. The molecule has 0 saturated heterocycles. The fraction of sp³-hybridized carbons (Fsp3) is 0.688. The average Bonchev–Trinajstić information content (AvgIpc) is 2.97. The van der Waals surface area contributed by atoms with Crippen LogP contribution in [0, 0.1) is 0 Å². The second kappa shape index (κ2) is 37.7. The van der Waals surface area contributed by atoms with E-state index in [4.69, 9.17) is 11.5 Å². The first-order valence-electron chi connectivity index (χ1n) is 15.6. The second-order valence-corrected chi connectivity index (χ2v) is 10.5. The van der Waals surface area contributed by atoms with Crippen LogP contribution in [0.25, 0.3) is 0 Å². The van der Waals surface area contributed by atoms with E-state index >= 15 is 0 Å². The van der Waals surface area contributed by atoms with E-state index in [1.807, 2.05) is 12.2 Å². The van der Waals surface area contributed by atoms with E-state index in [2.05, 4.69) is 22.6 Å². The van der Waals surface area contributed by atoms with Crippen molar-refractivity contribution >= 4 is 35.8 Å². The molecule has 0 radical (unpaired) electrons. The standard InChI is InChI=1S/2C16H27NO5.2K/c2*1-2-3-4-5-6-7-8-9-10-15(20)22-16(21)13(17)11-12-14(18)19;;/h2*2,13H,1,3-12,17H2,(H,18,19);;/q;;2*+1/p-2/t2*13-;;/m00../s1. The van der Waals surface area contributed by atoms with Gasteiger partial charge < -0.3 is 40.7 Å². The topological polar surface area (TPSA) is 219 Å². The van der Waals surface area contributed by atoms with Crippen molar-refractivity contribution in [1.29, 1.82) is 0 Å².